The minimum absolute atomic E-state index is 0.138. The Bertz CT molecular complexity index is 791. The Hall–Kier alpha value is -2.15. The lowest BCUT2D eigenvalue weighted by Crippen LogP contribution is -2.26. The van der Waals surface area contributed by atoms with Gasteiger partial charge in [0, 0.05) is 36.7 Å². The zero-order valence-corrected chi connectivity index (χ0v) is 15.7. The summed E-state index contributed by atoms with van der Waals surface area (Å²) < 4.78 is 9.28. The first kappa shape index (κ1) is 17.3. The third kappa shape index (κ3) is 3.53. The molecule has 2 fully saturated rings. The number of nitrogens with zero attached hydrogens (tertiary/aromatic N) is 4. The van der Waals surface area contributed by atoms with Crippen LogP contribution in [0.4, 0.5) is 5.82 Å². The van der Waals surface area contributed by atoms with Crippen LogP contribution in [0.25, 0.3) is 0 Å². The summed E-state index contributed by atoms with van der Waals surface area (Å²) in [7, 11) is 0. The van der Waals surface area contributed by atoms with Crippen molar-refractivity contribution in [2.75, 3.05) is 18.5 Å². The summed E-state index contributed by atoms with van der Waals surface area (Å²) in [5, 5.41) is 11.9. The molecule has 1 aliphatic carbocycles. The van der Waals surface area contributed by atoms with Gasteiger partial charge in [0.2, 0.25) is 0 Å². The van der Waals surface area contributed by atoms with Crippen molar-refractivity contribution in [1.29, 1.82) is 0 Å². The van der Waals surface area contributed by atoms with Gasteiger partial charge in [-0.05, 0) is 46.1 Å². The van der Waals surface area contributed by atoms with Gasteiger partial charge in [-0.1, -0.05) is 0 Å². The van der Waals surface area contributed by atoms with Gasteiger partial charge in [0.1, 0.15) is 5.82 Å². The van der Waals surface area contributed by atoms with Crippen LogP contribution < -0.4 is 5.32 Å². The summed E-state index contributed by atoms with van der Waals surface area (Å²) in [5.74, 6) is 1.52. The van der Waals surface area contributed by atoms with Crippen LogP contribution in [0.2, 0.25) is 0 Å². The number of amides is 1. The number of carbonyl (C=O) groups excluding carboxylic acids is 1. The second kappa shape index (κ2) is 6.54. The molecule has 4 rings (SSSR count). The standard InChI is InChI=1S/C19H27N5O2/c1-19(2,3)24-16(14-4-5-14)10-15(22-24)18(25)21-17-6-8-20-23(17)11-13-7-9-26-12-13/h6,8,10,13-14H,4-5,7,9,11-12H2,1-3H3,(H,21,25). The van der Waals surface area contributed by atoms with Crippen molar-refractivity contribution in [1.82, 2.24) is 19.6 Å². The SMILES string of the molecule is CC(C)(C)n1nc(C(=O)Nc2ccnn2CC2CCOC2)cc1C1CC1. The van der Waals surface area contributed by atoms with E-state index in [9.17, 15) is 4.79 Å². The van der Waals surface area contributed by atoms with Crippen molar-refractivity contribution in [2.45, 2.75) is 58.0 Å². The Morgan fingerprint density at radius 2 is 2.15 bits per heavy atom. The van der Waals surface area contributed by atoms with Gasteiger partial charge < -0.3 is 10.1 Å². The van der Waals surface area contributed by atoms with Gasteiger partial charge in [0.05, 0.1) is 18.3 Å². The molecule has 1 unspecified atom stereocenters. The minimum atomic E-state index is -0.181. The van der Waals surface area contributed by atoms with Crippen molar-refractivity contribution in [3.8, 4) is 0 Å². The lowest BCUT2D eigenvalue weighted by Gasteiger charge is -2.22. The van der Waals surface area contributed by atoms with Crippen molar-refractivity contribution in [3.05, 3.63) is 29.7 Å². The van der Waals surface area contributed by atoms with E-state index in [1.807, 2.05) is 21.5 Å². The maximum Gasteiger partial charge on any atom is 0.277 e. The maximum atomic E-state index is 12.8. The molecule has 26 heavy (non-hydrogen) atoms. The topological polar surface area (TPSA) is 74.0 Å². The zero-order valence-electron chi connectivity index (χ0n) is 15.7. The molecule has 1 atom stereocenters. The normalized spacial score (nSPS) is 20.5. The van der Waals surface area contributed by atoms with E-state index in [0.29, 0.717) is 23.3 Å². The van der Waals surface area contributed by atoms with Gasteiger partial charge in [-0.25, -0.2) is 4.68 Å². The highest BCUT2D eigenvalue weighted by Gasteiger charge is 2.32. The van der Waals surface area contributed by atoms with Crippen LogP contribution in [-0.4, -0.2) is 38.7 Å². The van der Waals surface area contributed by atoms with E-state index < -0.39 is 0 Å². The lowest BCUT2D eigenvalue weighted by atomic mass is 10.1. The third-order valence-electron chi connectivity index (χ3n) is 5.01. The first-order valence-corrected chi connectivity index (χ1v) is 9.43. The molecular formula is C19H27N5O2. The highest BCUT2D eigenvalue weighted by atomic mass is 16.5. The Morgan fingerprint density at radius 1 is 1.35 bits per heavy atom. The lowest BCUT2D eigenvalue weighted by molar-refractivity contribution is 0.101. The fourth-order valence-corrected chi connectivity index (χ4v) is 3.45. The van der Waals surface area contributed by atoms with Gasteiger partial charge >= 0.3 is 0 Å². The highest BCUT2D eigenvalue weighted by Crippen LogP contribution is 2.41. The van der Waals surface area contributed by atoms with E-state index in [4.69, 9.17) is 4.74 Å². The predicted octanol–water partition coefficient (Wildman–Crippen LogP) is 3.00. The Balaban J connectivity index is 1.51. The fraction of sp³-hybridized carbons (Fsp3) is 0.632. The first-order chi connectivity index (χ1) is 12.4. The van der Waals surface area contributed by atoms with Gasteiger partial charge in [-0.15, -0.1) is 0 Å². The quantitative estimate of drug-likeness (QED) is 0.893. The van der Waals surface area contributed by atoms with Crippen molar-refractivity contribution >= 4 is 11.7 Å². The van der Waals surface area contributed by atoms with Crippen LogP contribution >= 0.6 is 0 Å². The van der Waals surface area contributed by atoms with Crippen molar-refractivity contribution < 1.29 is 9.53 Å². The first-order valence-electron chi connectivity index (χ1n) is 9.43. The maximum absolute atomic E-state index is 12.8. The molecule has 7 heteroatoms. The van der Waals surface area contributed by atoms with Crippen LogP contribution in [0.1, 0.15) is 62.1 Å². The molecule has 0 aromatic carbocycles. The van der Waals surface area contributed by atoms with Crippen LogP contribution in [0.15, 0.2) is 18.3 Å². The molecule has 1 N–H and O–H groups in total. The molecule has 2 aromatic heterocycles. The van der Waals surface area contributed by atoms with Crippen molar-refractivity contribution in [2.24, 2.45) is 5.92 Å². The smallest absolute Gasteiger partial charge is 0.277 e. The highest BCUT2D eigenvalue weighted by molar-refractivity contribution is 6.02. The van der Waals surface area contributed by atoms with E-state index in [1.165, 1.54) is 18.5 Å². The largest absolute Gasteiger partial charge is 0.381 e. The van der Waals surface area contributed by atoms with E-state index in [-0.39, 0.29) is 11.4 Å². The molecule has 0 radical (unpaired) electrons. The van der Waals surface area contributed by atoms with E-state index in [1.54, 1.807) is 6.20 Å². The number of rotatable bonds is 5. The molecule has 1 saturated heterocycles. The fourth-order valence-electron chi connectivity index (χ4n) is 3.45. The van der Waals surface area contributed by atoms with E-state index in [0.717, 1.165) is 26.2 Å². The molecule has 140 valence electrons. The number of carbonyl (C=O) groups is 1. The van der Waals surface area contributed by atoms with Crippen LogP contribution in [0, 0.1) is 5.92 Å². The van der Waals surface area contributed by atoms with E-state index in [2.05, 4.69) is 36.3 Å². The average molecular weight is 357 g/mol. The Kier molecular flexibility index (Phi) is 4.34. The van der Waals surface area contributed by atoms with Crippen LogP contribution in [-0.2, 0) is 16.8 Å². The number of anilines is 1. The number of nitrogens with one attached hydrogen (secondary N) is 1. The predicted molar refractivity (Wildman–Crippen MR) is 98.3 cm³/mol. The molecule has 7 nitrogen and oxygen atoms in total. The van der Waals surface area contributed by atoms with E-state index >= 15 is 0 Å². The van der Waals surface area contributed by atoms with Gasteiger partial charge in [-0.2, -0.15) is 10.2 Å². The second-order valence-corrected chi connectivity index (χ2v) is 8.39. The van der Waals surface area contributed by atoms with Crippen LogP contribution in [0.5, 0.6) is 0 Å². The second-order valence-electron chi connectivity index (χ2n) is 8.39. The molecule has 2 aliphatic rings. The Labute approximate surface area is 153 Å². The van der Waals surface area contributed by atoms with Crippen LogP contribution in [0.3, 0.4) is 0 Å². The molecule has 1 saturated carbocycles. The van der Waals surface area contributed by atoms with Gasteiger partial charge in [0.25, 0.3) is 5.91 Å². The summed E-state index contributed by atoms with van der Waals surface area (Å²) in [6.07, 6.45) is 5.11. The number of aromatic nitrogens is 4. The Morgan fingerprint density at radius 3 is 2.81 bits per heavy atom. The third-order valence-corrected chi connectivity index (χ3v) is 5.01. The van der Waals surface area contributed by atoms with Gasteiger partial charge in [-0.3, -0.25) is 9.48 Å². The molecule has 0 spiro atoms. The molecular weight excluding hydrogens is 330 g/mol. The number of hydrogen-bond acceptors (Lipinski definition) is 4. The molecule has 3 heterocycles. The van der Waals surface area contributed by atoms with Crippen molar-refractivity contribution in [3.63, 3.8) is 0 Å². The minimum Gasteiger partial charge on any atom is -0.381 e. The summed E-state index contributed by atoms with van der Waals surface area (Å²) in [6, 6.07) is 3.78. The summed E-state index contributed by atoms with van der Waals surface area (Å²) >= 11 is 0. The number of hydrogen-bond donors (Lipinski definition) is 1. The molecule has 1 aliphatic heterocycles. The summed E-state index contributed by atoms with van der Waals surface area (Å²) in [6.45, 7) is 8.67. The summed E-state index contributed by atoms with van der Waals surface area (Å²) in [4.78, 5) is 12.8. The monoisotopic (exact) mass is 357 g/mol. The molecule has 2 aromatic rings. The van der Waals surface area contributed by atoms with Gasteiger partial charge in [0.15, 0.2) is 5.69 Å². The zero-order chi connectivity index (χ0) is 18.3. The summed E-state index contributed by atoms with van der Waals surface area (Å²) in [5.41, 5.74) is 1.50. The number of ether oxygens (including phenoxy) is 1. The molecule has 1 amide bonds. The molecule has 0 bridgehead atoms. The average Bonchev–Trinajstić information content (AvgIpc) is 3.01.